The van der Waals surface area contributed by atoms with Crippen molar-refractivity contribution in [1.29, 1.82) is 0 Å². The van der Waals surface area contributed by atoms with Gasteiger partial charge in [-0.25, -0.2) is 4.79 Å². The number of rotatable bonds is 10. The molecule has 218 valence electrons. The molecule has 41 heavy (non-hydrogen) atoms. The number of halogens is 1. The van der Waals surface area contributed by atoms with Crippen molar-refractivity contribution in [3.05, 3.63) is 76.6 Å². The van der Waals surface area contributed by atoms with Gasteiger partial charge in [0.05, 0.1) is 36.5 Å². The Bertz CT molecular complexity index is 1510. The Balaban J connectivity index is 1.65. The van der Waals surface area contributed by atoms with Crippen molar-refractivity contribution in [2.75, 3.05) is 7.11 Å². The van der Waals surface area contributed by atoms with Gasteiger partial charge in [0.2, 0.25) is 0 Å². The Labute approximate surface area is 247 Å². The fourth-order valence-corrected chi connectivity index (χ4v) is 6.01. The van der Waals surface area contributed by atoms with Gasteiger partial charge in [-0.2, -0.15) is 5.10 Å². The van der Waals surface area contributed by atoms with Crippen molar-refractivity contribution in [2.24, 2.45) is 0 Å². The van der Waals surface area contributed by atoms with E-state index in [4.69, 9.17) is 30.0 Å². The summed E-state index contributed by atoms with van der Waals surface area (Å²) in [5.74, 6) is 0.137. The number of nitrogens with zero attached hydrogens (tertiary/aromatic N) is 3. The first-order valence-corrected chi connectivity index (χ1v) is 16.9. The molecule has 0 saturated heterocycles. The highest BCUT2D eigenvalue weighted by Gasteiger charge is 2.38. The van der Waals surface area contributed by atoms with E-state index in [1.54, 1.807) is 24.4 Å². The van der Waals surface area contributed by atoms with E-state index in [-0.39, 0.29) is 28.2 Å². The molecule has 2 heterocycles. The fraction of sp³-hybridized carbons (Fsp3) is 0.387. The predicted octanol–water partition coefficient (Wildman–Crippen LogP) is 7.94. The van der Waals surface area contributed by atoms with Crippen molar-refractivity contribution >= 4 is 25.9 Å². The molecule has 0 fully saturated rings. The molecule has 4 rings (SSSR count). The van der Waals surface area contributed by atoms with Gasteiger partial charge in [-0.3, -0.25) is 4.68 Å². The van der Waals surface area contributed by atoms with E-state index in [9.17, 15) is 4.79 Å². The SMILES string of the molecule is COC(=O)c1c(-c2cccc(OCc3ccccc3)c2Cl)noc1-c1cnn(C[C@H](C)O[Si](C)(C)C(C)(C)C)c1C. The zero-order valence-corrected chi connectivity index (χ0v) is 26.7. The number of carbonyl (C=O) groups excluding carboxylic acids is 1. The van der Waals surface area contributed by atoms with Crippen LogP contribution in [-0.2, 0) is 22.3 Å². The Morgan fingerprint density at radius 3 is 2.46 bits per heavy atom. The van der Waals surface area contributed by atoms with Crippen LogP contribution in [0, 0.1) is 6.92 Å². The van der Waals surface area contributed by atoms with E-state index in [1.807, 2.05) is 41.9 Å². The molecule has 10 heteroatoms. The van der Waals surface area contributed by atoms with Gasteiger partial charge in [0.25, 0.3) is 0 Å². The molecular formula is C31H38ClN3O5Si. The number of carbonyl (C=O) groups is 1. The van der Waals surface area contributed by atoms with E-state index in [2.05, 4.69) is 51.0 Å². The summed E-state index contributed by atoms with van der Waals surface area (Å²) in [5, 5.41) is 9.27. The van der Waals surface area contributed by atoms with E-state index in [0.717, 1.165) is 11.3 Å². The Kier molecular flexibility index (Phi) is 9.11. The maximum Gasteiger partial charge on any atom is 0.344 e. The van der Waals surface area contributed by atoms with Gasteiger partial charge in [-0.05, 0) is 43.6 Å². The fourth-order valence-electron chi connectivity index (χ4n) is 4.30. The minimum Gasteiger partial charge on any atom is -0.487 e. The van der Waals surface area contributed by atoms with Crippen LogP contribution < -0.4 is 4.74 Å². The number of hydrogen-bond donors (Lipinski definition) is 0. The van der Waals surface area contributed by atoms with Crippen LogP contribution in [0.15, 0.2) is 59.3 Å². The topological polar surface area (TPSA) is 88.6 Å². The highest BCUT2D eigenvalue weighted by atomic mass is 35.5. The second kappa shape index (κ2) is 12.2. The summed E-state index contributed by atoms with van der Waals surface area (Å²) in [4.78, 5) is 13.1. The van der Waals surface area contributed by atoms with Crippen LogP contribution in [0.3, 0.4) is 0 Å². The molecule has 8 nitrogen and oxygen atoms in total. The van der Waals surface area contributed by atoms with Gasteiger partial charge in [0, 0.05) is 11.3 Å². The van der Waals surface area contributed by atoms with Gasteiger partial charge >= 0.3 is 5.97 Å². The predicted molar refractivity (Wildman–Crippen MR) is 163 cm³/mol. The summed E-state index contributed by atoms with van der Waals surface area (Å²) in [6.07, 6.45) is 1.62. The van der Waals surface area contributed by atoms with Crippen LogP contribution >= 0.6 is 11.6 Å². The quantitative estimate of drug-likeness (QED) is 0.136. The molecule has 0 bridgehead atoms. The van der Waals surface area contributed by atoms with Crippen molar-refractivity contribution in [2.45, 2.75) is 72.0 Å². The summed E-state index contributed by atoms with van der Waals surface area (Å²) in [7, 11) is -0.629. The highest BCUT2D eigenvalue weighted by molar-refractivity contribution is 6.74. The molecule has 0 aliphatic heterocycles. The van der Waals surface area contributed by atoms with Gasteiger partial charge in [0.1, 0.15) is 23.6 Å². The molecule has 0 amide bonds. The molecule has 0 unspecified atom stereocenters. The Hall–Kier alpha value is -3.40. The molecule has 2 aromatic carbocycles. The van der Waals surface area contributed by atoms with E-state index in [0.29, 0.717) is 35.1 Å². The lowest BCUT2D eigenvalue weighted by Crippen LogP contribution is -2.44. The third kappa shape index (κ3) is 6.58. The van der Waals surface area contributed by atoms with Crippen LogP contribution in [0.2, 0.25) is 23.2 Å². The van der Waals surface area contributed by atoms with E-state index in [1.165, 1.54) is 7.11 Å². The van der Waals surface area contributed by atoms with Gasteiger partial charge in [-0.15, -0.1) is 0 Å². The number of benzene rings is 2. The molecule has 0 spiro atoms. The normalized spacial score (nSPS) is 12.8. The first-order chi connectivity index (χ1) is 19.3. The molecule has 0 N–H and O–H groups in total. The molecule has 0 radical (unpaired) electrons. The Morgan fingerprint density at radius 1 is 1.10 bits per heavy atom. The van der Waals surface area contributed by atoms with E-state index < -0.39 is 14.3 Å². The maximum atomic E-state index is 13.1. The second-order valence-corrected chi connectivity index (χ2v) is 16.8. The van der Waals surface area contributed by atoms with Crippen molar-refractivity contribution in [3.63, 3.8) is 0 Å². The van der Waals surface area contributed by atoms with Crippen LogP contribution in [0.5, 0.6) is 5.75 Å². The second-order valence-electron chi connectivity index (χ2n) is 11.6. The molecule has 0 aliphatic carbocycles. The molecule has 1 atom stereocenters. The third-order valence-electron chi connectivity index (χ3n) is 7.62. The molecule has 0 saturated carbocycles. The van der Waals surface area contributed by atoms with Crippen LogP contribution in [0.4, 0.5) is 0 Å². The highest BCUT2D eigenvalue weighted by Crippen LogP contribution is 2.41. The molecular weight excluding hydrogens is 558 g/mol. The Morgan fingerprint density at radius 2 is 1.80 bits per heavy atom. The largest absolute Gasteiger partial charge is 0.487 e. The minimum absolute atomic E-state index is 0.0508. The first kappa shape index (κ1) is 30.6. The summed E-state index contributed by atoms with van der Waals surface area (Å²) >= 11 is 6.78. The lowest BCUT2D eigenvalue weighted by molar-refractivity contribution is 0.0602. The van der Waals surface area contributed by atoms with Crippen LogP contribution in [0.1, 0.15) is 49.3 Å². The number of esters is 1. The first-order valence-electron chi connectivity index (χ1n) is 13.6. The number of methoxy groups -OCH3 is 1. The lowest BCUT2D eigenvalue weighted by Gasteiger charge is -2.38. The van der Waals surface area contributed by atoms with Crippen molar-refractivity contribution in [1.82, 2.24) is 14.9 Å². The summed E-state index contributed by atoms with van der Waals surface area (Å²) in [6.45, 7) is 16.0. The average Bonchev–Trinajstić information content (AvgIpc) is 3.50. The lowest BCUT2D eigenvalue weighted by atomic mass is 10.0. The van der Waals surface area contributed by atoms with Crippen LogP contribution in [0.25, 0.3) is 22.6 Å². The summed E-state index contributed by atoms with van der Waals surface area (Å²) in [5.41, 5.74) is 3.39. The average molecular weight is 596 g/mol. The van der Waals surface area contributed by atoms with E-state index >= 15 is 0 Å². The summed E-state index contributed by atoms with van der Waals surface area (Å²) < 4.78 is 25.3. The molecule has 2 aromatic heterocycles. The smallest absolute Gasteiger partial charge is 0.344 e. The van der Waals surface area contributed by atoms with Crippen LogP contribution in [-0.4, -0.2) is 42.4 Å². The molecule has 4 aromatic rings. The molecule has 0 aliphatic rings. The zero-order valence-electron chi connectivity index (χ0n) is 24.9. The summed E-state index contributed by atoms with van der Waals surface area (Å²) in [6, 6.07) is 15.1. The standard InChI is InChI=1S/C31H38ClN3O5Si/c1-20(40-41(7,8)31(3,4)5)18-35-21(2)24(17-33-35)29-26(30(36)37-6)28(34-39-29)23-15-12-16-25(27(23)32)38-19-22-13-10-9-11-14-22/h9-17,20H,18-19H2,1-8H3/t20-/m0/s1. The minimum atomic E-state index is -1.95. The van der Waals surface area contributed by atoms with Gasteiger partial charge in [0.15, 0.2) is 14.1 Å². The van der Waals surface area contributed by atoms with Crippen molar-refractivity contribution < 1.29 is 23.2 Å². The third-order valence-corrected chi connectivity index (χ3v) is 12.6. The number of ether oxygens (including phenoxy) is 2. The number of aromatic nitrogens is 3. The zero-order chi connectivity index (χ0) is 29.9. The van der Waals surface area contributed by atoms with Gasteiger partial charge in [-0.1, -0.05) is 80.0 Å². The monoisotopic (exact) mass is 595 g/mol. The van der Waals surface area contributed by atoms with Crippen molar-refractivity contribution in [3.8, 4) is 28.3 Å². The van der Waals surface area contributed by atoms with Gasteiger partial charge < -0.3 is 18.4 Å². The maximum absolute atomic E-state index is 13.1. The number of hydrogen-bond acceptors (Lipinski definition) is 7.